The topological polar surface area (TPSA) is 18.5 Å². The van der Waals surface area contributed by atoms with Gasteiger partial charge in [-0.1, -0.05) is 6.92 Å². The van der Waals surface area contributed by atoms with E-state index < -0.39 is 0 Å². The molecular weight excluding hydrogens is 164 g/mol. The van der Waals surface area contributed by atoms with E-state index in [9.17, 15) is 0 Å². The first-order chi connectivity index (χ1) is 6.13. The molecule has 0 bridgehead atoms. The molecule has 1 heterocycles. The summed E-state index contributed by atoms with van der Waals surface area (Å²) in [5.41, 5.74) is 0. The Hall–Kier alpha value is -0.0800. The van der Waals surface area contributed by atoms with Crippen LogP contribution in [0.25, 0.3) is 0 Å². The molecule has 2 nitrogen and oxygen atoms in total. The lowest BCUT2D eigenvalue weighted by Gasteiger charge is -2.35. The Morgan fingerprint density at radius 3 is 2.31 bits per heavy atom. The van der Waals surface area contributed by atoms with Gasteiger partial charge in [0.05, 0.1) is 12.2 Å². The summed E-state index contributed by atoms with van der Waals surface area (Å²) in [4.78, 5) is 0. The summed E-state index contributed by atoms with van der Waals surface area (Å²) in [7, 11) is 1.78. The normalized spacial score (nSPS) is 37.4. The molecule has 1 rings (SSSR count). The Bertz CT molecular complexity index is 137. The maximum absolute atomic E-state index is 5.70. The summed E-state index contributed by atoms with van der Waals surface area (Å²) in [5.74, 6) is 1.44. The maximum Gasteiger partial charge on any atom is 0.0553 e. The first kappa shape index (κ1) is 11.0. The van der Waals surface area contributed by atoms with Crippen LogP contribution in [-0.2, 0) is 9.47 Å². The summed E-state index contributed by atoms with van der Waals surface area (Å²) in [6.45, 7) is 7.49. The zero-order chi connectivity index (χ0) is 9.84. The van der Waals surface area contributed by atoms with Gasteiger partial charge in [-0.2, -0.15) is 0 Å². The van der Waals surface area contributed by atoms with Gasteiger partial charge in [-0.15, -0.1) is 0 Å². The largest absolute Gasteiger partial charge is 0.384 e. The van der Waals surface area contributed by atoms with Crippen molar-refractivity contribution in [1.29, 1.82) is 0 Å². The molecule has 0 aromatic heterocycles. The molecule has 1 saturated heterocycles. The van der Waals surface area contributed by atoms with Gasteiger partial charge >= 0.3 is 0 Å². The molecule has 78 valence electrons. The monoisotopic (exact) mass is 186 g/mol. The van der Waals surface area contributed by atoms with Crippen LogP contribution in [0.4, 0.5) is 0 Å². The lowest BCUT2D eigenvalue weighted by Crippen LogP contribution is -2.33. The van der Waals surface area contributed by atoms with Crippen LogP contribution in [0.5, 0.6) is 0 Å². The van der Waals surface area contributed by atoms with Crippen molar-refractivity contribution in [3.05, 3.63) is 0 Å². The Labute approximate surface area is 81.6 Å². The van der Waals surface area contributed by atoms with E-state index in [2.05, 4.69) is 20.8 Å². The molecule has 0 amide bonds. The zero-order valence-corrected chi connectivity index (χ0v) is 9.25. The lowest BCUT2D eigenvalue weighted by molar-refractivity contribution is -0.0676. The van der Waals surface area contributed by atoms with E-state index in [0.717, 1.165) is 12.5 Å². The molecule has 1 aliphatic heterocycles. The van der Waals surface area contributed by atoms with Crippen molar-refractivity contribution in [3.8, 4) is 0 Å². The van der Waals surface area contributed by atoms with E-state index in [-0.39, 0.29) is 0 Å². The number of hydrogen-bond acceptors (Lipinski definition) is 2. The van der Waals surface area contributed by atoms with Gasteiger partial charge in [0.2, 0.25) is 0 Å². The Morgan fingerprint density at radius 2 is 1.85 bits per heavy atom. The van der Waals surface area contributed by atoms with Crippen LogP contribution in [0.1, 0.15) is 33.6 Å². The zero-order valence-electron chi connectivity index (χ0n) is 9.25. The van der Waals surface area contributed by atoms with Gasteiger partial charge in [-0.3, -0.25) is 0 Å². The molecule has 2 heteroatoms. The highest BCUT2D eigenvalue weighted by Gasteiger charge is 2.27. The fraction of sp³-hybridized carbons (Fsp3) is 1.00. The Morgan fingerprint density at radius 1 is 1.31 bits per heavy atom. The molecule has 0 aliphatic carbocycles. The first-order valence-electron chi connectivity index (χ1n) is 5.27. The van der Waals surface area contributed by atoms with Crippen molar-refractivity contribution in [1.82, 2.24) is 0 Å². The van der Waals surface area contributed by atoms with E-state index in [1.165, 1.54) is 12.8 Å². The molecule has 3 atom stereocenters. The quantitative estimate of drug-likeness (QED) is 0.674. The molecule has 0 aromatic carbocycles. The highest BCUT2D eigenvalue weighted by molar-refractivity contribution is 4.76. The summed E-state index contributed by atoms with van der Waals surface area (Å²) >= 11 is 0. The van der Waals surface area contributed by atoms with Crippen molar-refractivity contribution >= 4 is 0 Å². The fourth-order valence-electron chi connectivity index (χ4n) is 2.32. The lowest BCUT2D eigenvalue weighted by atomic mass is 9.83. The number of hydrogen-bond donors (Lipinski definition) is 0. The highest BCUT2D eigenvalue weighted by Crippen LogP contribution is 2.30. The van der Waals surface area contributed by atoms with Crippen molar-refractivity contribution < 1.29 is 9.47 Å². The molecular formula is C11H22O2. The van der Waals surface area contributed by atoms with Crippen LogP contribution in [0, 0.1) is 11.8 Å². The van der Waals surface area contributed by atoms with Gasteiger partial charge in [-0.05, 0) is 38.5 Å². The maximum atomic E-state index is 5.70. The Balaban J connectivity index is 2.40. The van der Waals surface area contributed by atoms with Gasteiger partial charge in [0.25, 0.3) is 0 Å². The van der Waals surface area contributed by atoms with Crippen LogP contribution in [0.15, 0.2) is 0 Å². The van der Waals surface area contributed by atoms with Crippen molar-refractivity contribution in [2.24, 2.45) is 11.8 Å². The molecule has 3 unspecified atom stereocenters. The van der Waals surface area contributed by atoms with Crippen LogP contribution in [0.2, 0.25) is 0 Å². The summed E-state index contributed by atoms with van der Waals surface area (Å²) in [5, 5.41) is 0. The second-order valence-corrected chi connectivity index (χ2v) is 4.42. The number of ether oxygens (including phenoxy) is 2. The van der Waals surface area contributed by atoms with Crippen molar-refractivity contribution in [2.75, 3.05) is 13.7 Å². The predicted octanol–water partition coefficient (Wildman–Crippen LogP) is 2.47. The van der Waals surface area contributed by atoms with Crippen LogP contribution in [-0.4, -0.2) is 25.9 Å². The molecule has 13 heavy (non-hydrogen) atoms. The van der Waals surface area contributed by atoms with Gasteiger partial charge < -0.3 is 9.47 Å². The second kappa shape index (κ2) is 4.97. The standard InChI is InChI=1S/C11H22O2/c1-8(7-12-4)11-5-9(2)13-10(3)6-11/h8-11H,5-7H2,1-4H3. The SMILES string of the molecule is COCC(C)C1CC(C)OC(C)C1. The highest BCUT2D eigenvalue weighted by atomic mass is 16.5. The van der Waals surface area contributed by atoms with Gasteiger partial charge in [0.15, 0.2) is 0 Å². The molecule has 0 aromatic rings. The predicted molar refractivity (Wildman–Crippen MR) is 53.8 cm³/mol. The minimum atomic E-state index is 0.424. The number of methoxy groups -OCH3 is 1. The minimum Gasteiger partial charge on any atom is -0.384 e. The van der Waals surface area contributed by atoms with Crippen molar-refractivity contribution in [2.45, 2.75) is 45.8 Å². The summed E-state index contributed by atoms with van der Waals surface area (Å²) in [6, 6.07) is 0. The van der Waals surface area contributed by atoms with Gasteiger partial charge in [-0.25, -0.2) is 0 Å². The molecule has 0 N–H and O–H groups in total. The van der Waals surface area contributed by atoms with Crippen LogP contribution >= 0.6 is 0 Å². The average molecular weight is 186 g/mol. The summed E-state index contributed by atoms with van der Waals surface area (Å²) in [6.07, 6.45) is 3.23. The third-order valence-electron chi connectivity index (χ3n) is 2.97. The van der Waals surface area contributed by atoms with Crippen LogP contribution in [0.3, 0.4) is 0 Å². The number of rotatable bonds is 3. The minimum absolute atomic E-state index is 0.424. The molecule has 0 saturated carbocycles. The fourth-order valence-corrected chi connectivity index (χ4v) is 2.32. The van der Waals surface area contributed by atoms with E-state index in [1.54, 1.807) is 7.11 Å². The van der Waals surface area contributed by atoms with Crippen molar-refractivity contribution in [3.63, 3.8) is 0 Å². The molecule has 1 fully saturated rings. The molecule has 0 spiro atoms. The van der Waals surface area contributed by atoms with Crippen LogP contribution < -0.4 is 0 Å². The van der Waals surface area contributed by atoms with Gasteiger partial charge in [0, 0.05) is 13.7 Å². The van der Waals surface area contributed by atoms with E-state index in [0.29, 0.717) is 18.1 Å². The molecule has 0 radical (unpaired) electrons. The van der Waals surface area contributed by atoms with E-state index in [1.807, 2.05) is 0 Å². The summed E-state index contributed by atoms with van der Waals surface area (Å²) < 4.78 is 10.9. The van der Waals surface area contributed by atoms with E-state index in [4.69, 9.17) is 9.47 Å². The molecule has 1 aliphatic rings. The third-order valence-corrected chi connectivity index (χ3v) is 2.97. The van der Waals surface area contributed by atoms with Gasteiger partial charge in [0.1, 0.15) is 0 Å². The smallest absolute Gasteiger partial charge is 0.0553 e. The second-order valence-electron chi connectivity index (χ2n) is 4.42. The van der Waals surface area contributed by atoms with E-state index >= 15 is 0 Å². The first-order valence-corrected chi connectivity index (χ1v) is 5.27. The average Bonchev–Trinajstić information content (AvgIpc) is 2.03. The Kier molecular flexibility index (Phi) is 4.20. The third kappa shape index (κ3) is 3.28.